The van der Waals surface area contributed by atoms with Gasteiger partial charge < -0.3 is 15.0 Å². The van der Waals surface area contributed by atoms with Gasteiger partial charge in [0.05, 0.1) is 12.1 Å². The Hall–Kier alpha value is -2.56. The van der Waals surface area contributed by atoms with E-state index in [0.717, 1.165) is 30.6 Å². The normalized spacial score (nSPS) is 15.7. The third kappa shape index (κ3) is 4.50. The second-order valence-electron chi connectivity index (χ2n) is 6.47. The first-order chi connectivity index (χ1) is 12.2. The number of hydrogen-bond acceptors (Lipinski definition) is 3. The van der Waals surface area contributed by atoms with E-state index in [0.29, 0.717) is 11.7 Å². The first-order valence-corrected chi connectivity index (χ1v) is 8.92. The van der Waals surface area contributed by atoms with Crippen molar-refractivity contribution in [2.45, 2.75) is 51.2 Å². The van der Waals surface area contributed by atoms with E-state index in [1.165, 1.54) is 25.1 Å². The molecule has 2 aromatic rings. The lowest BCUT2D eigenvalue weighted by molar-refractivity contribution is 0.0935. The summed E-state index contributed by atoms with van der Waals surface area (Å²) in [6.45, 7) is 2.02. The smallest absolute Gasteiger partial charge is 0.252 e. The highest BCUT2D eigenvalue weighted by Gasteiger charge is 2.17. The maximum Gasteiger partial charge on any atom is 0.252 e. The number of amides is 1. The molecule has 0 radical (unpaired) electrons. The largest absolute Gasteiger partial charge is 0.490 e. The Morgan fingerprint density at radius 3 is 2.60 bits per heavy atom. The molecule has 1 aliphatic rings. The number of carbonyl (C=O) groups is 1. The summed E-state index contributed by atoms with van der Waals surface area (Å²) in [5.74, 6) is 0.635. The summed E-state index contributed by atoms with van der Waals surface area (Å²) in [4.78, 5) is 26.2. The Morgan fingerprint density at radius 1 is 1.24 bits per heavy atom. The minimum absolute atomic E-state index is 0.104. The van der Waals surface area contributed by atoms with E-state index in [9.17, 15) is 9.59 Å². The molecule has 132 valence electrons. The van der Waals surface area contributed by atoms with E-state index >= 15 is 0 Å². The van der Waals surface area contributed by atoms with Gasteiger partial charge in [0.1, 0.15) is 5.75 Å². The van der Waals surface area contributed by atoms with Crippen LogP contribution in [-0.2, 0) is 0 Å². The molecule has 5 heteroatoms. The van der Waals surface area contributed by atoms with Crippen LogP contribution in [0.4, 0.5) is 0 Å². The molecule has 5 nitrogen and oxygen atoms in total. The fraction of sp³-hybridized carbons (Fsp3) is 0.400. The van der Waals surface area contributed by atoms with Crippen LogP contribution in [0.25, 0.3) is 0 Å². The molecule has 3 rings (SSSR count). The van der Waals surface area contributed by atoms with Crippen molar-refractivity contribution in [3.63, 3.8) is 0 Å². The Morgan fingerprint density at radius 2 is 1.96 bits per heavy atom. The third-order valence-electron chi connectivity index (χ3n) is 4.64. The van der Waals surface area contributed by atoms with Crippen molar-refractivity contribution < 1.29 is 9.53 Å². The number of H-pyrrole nitrogens is 1. The lowest BCUT2D eigenvalue weighted by atomic mass is 10.0. The summed E-state index contributed by atoms with van der Waals surface area (Å²) in [5, 5.41) is 2.99. The van der Waals surface area contributed by atoms with Crippen LogP contribution in [0.15, 0.2) is 47.4 Å². The maximum absolute atomic E-state index is 12.3. The van der Waals surface area contributed by atoms with Crippen LogP contribution in [0.2, 0.25) is 0 Å². The van der Waals surface area contributed by atoms with Gasteiger partial charge in [-0.3, -0.25) is 9.59 Å². The molecule has 1 aromatic carbocycles. The molecule has 1 aliphatic carbocycles. The van der Waals surface area contributed by atoms with Crippen LogP contribution in [0.5, 0.6) is 5.75 Å². The van der Waals surface area contributed by atoms with Crippen LogP contribution in [0.3, 0.4) is 0 Å². The number of carbonyl (C=O) groups excluding carboxylic acids is 1. The van der Waals surface area contributed by atoms with Gasteiger partial charge in [0.15, 0.2) is 0 Å². The Balaban J connectivity index is 1.65. The molecule has 1 saturated carbocycles. The Labute approximate surface area is 147 Å². The topological polar surface area (TPSA) is 71.2 Å². The molecule has 0 aliphatic heterocycles. The zero-order valence-electron chi connectivity index (χ0n) is 14.5. The second-order valence-corrected chi connectivity index (χ2v) is 6.47. The quantitative estimate of drug-likeness (QED) is 0.844. The zero-order valence-corrected chi connectivity index (χ0v) is 14.5. The van der Waals surface area contributed by atoms with E-state index in [1.54, 1.807) is 6.07 Å². The molecule has 25 heavy (non-hydrogen) atoms. The molecular formula is C20H24N2O3. The Bertz CT molecular complexity index is 761. The van der Waals surface area contributed by atoms with E-state index in [2.05, 4.69) is 10.3 Å². The molecule has 0 unspecified atom stereocenters. The van der Waals surface area contributed by atoms with Gasteiger partial charge in [0.2, 0.25) is 5.56 Å². The highest BCUT2D eigenvalue weighted by atomic mass is 16.5. The van der Waals surface area contributed by atoms with Gasteiger partial charge in [-0.2, -0.15) is 0 Å². The monoisotopic (exact) mass is 340 g/mol. The van der Waals surface area contributed by atoms with Crippen LogP contribution in [-0.4, -0.2) is 17.0 Å². The molecular weight excluding hydrogens is 316 g/mol. The number of aromatic nitrogens is 1. The number of pyridine rings is 1. The first kappa shape index (κ1) is 17.3. The summed E-state index contributed by atoms with van der Waals surface area (Å²) in [6, 6.07) is 10.7. The predicted molar refractivity (Wildman–Crippen MR) is 96.9 cm³/mol. The molecule has 0 saturated heterocycles. The number of nitrogens with one attached hydrogen (secondary N) is 2. The summed E-state index contributed by atoms with van der Waals surface area (Å²) in [6.07, 6.45) is 7.33. The summed E-state index contributed by atoms with van der Waals surface area (Å²) in [5.41, 5.74) is 1.11. The van der Waals surface area contributed by atoms with Crippen molar-refractivity contribution in [1.82, 2.24) is 10.3 Å². The Kier molecular flexibility index (Phi) is 5.53. The van der Waals surface area contributed by atoms with E-state index < -0.39 is 0 Å². The zero-order chi connectivity index (χ0) is 17.6. The van der Waals surface area contributed by atoms with Crippen molar-refractivity contribution in [3.8, 4) is 5.75 Å². The molecule has 0 spiro atoms. The van der Waals surface area contributed by atoms with Crippen molar-refractivity contribution in [3.05, 3.63) is 64.1 Å². The van der Waals surface area contributed by atoms with Gasteiger partial charge in [-0.05, 0) is 55.9 Å². The number of aromatic amines is 1. The van der Waals surface area contributed by atoms with Crippen LogP contribution >= 0.6 is 0 Å². The number of ether oxygens (including phenoxy) is 1. The summed E-state index contributed by atoms with van der Waals surface area (Å²) in [7, 11) is 0. The first-order valence-electron chi connectivity index (χ1n) is 8.92. The SMILES string of the molecule is CC[C@H](NC(=O)c1cc[nH]c(=O)c1)c1ccc(OC2CCCC2)cc1. The second kappa shape index (κ2) is 8.01. The molecule has 1 fully saturated rings. The minimum Gasteiger partial charge on any atom is -0.490 e. The van der Waals surface area contributed by atoms with Gasteiger partial charge in [-0.15, -0.1) is 0 Å². The van der Waals surface area contributed by atoms with Crippen molar-refractivity contribution in [2.75, 3.05) is 0 Å². The minimum atomic E-state index is -0.283. The van der Waals surface area contributed by atoms with Gasteiger partial charge >= 0.3 is 0 Å². The number of hydrogen-bond donors (Lipinski definition) is 2. The average Bonchev–Trinajstić information content (AvgIpc) is 3.13. The third-order valence-corrected chi connectivity index (χ3v) is 4.64. The molecule has 2 N–H and O–H groups in total. The fourth-order valence-electron chi connectivity index (χ4n) is 3.23. The highest BCUT2D eigenvalue weighted by Crippen LogP contribution is 2.26. The molecule has 1 atom stereocenters. The lowest BCUT2D eigenvalue weighted by Gasteiger charge is -2.19. The van der Waals surface area contributed by atoms with Gasteiger partial charge in [0.25, 0.3) is 5.91 Å². The van der Waals surface area contributed by atoms with Crippen molar-refractivity contribution in [2.24, 2.45) is 0 Å². The van der Waals surface area contributed by atoms with Gasteiger partial charge in [0, 0.05) is 17.8 Å². The summed E-state index contributed by atoms with van der Waals surface area (Å²) >= 11 is 0. The standard InChI is InChI=1S/C20H24N2O3/c1-2-18(22-20(24)15-11-12-21-19(23)13-15)14-7-9-17(10-8-14)25-16-5-3-4-6-16/h7-13,16,18H,2-6H2,1H3,(H,21,23)(H,22,24)/t18-/m0/s1. The average molecular weight is 340 g/mol. The van der Waals surface area contributed by atoms with E-state index in [1.807, 2.05) is 31.2 Å². The van der Waals surface area contributed by atoms with Crippen molar-refractivity contribution in [1.29, 1.82) is 0 Å². The molecule has 0 bridgehead atoms. The number of benzene rings is 1. The van der Waals surface area contributed by atoms with Gasteiger partial charge in [-0.1, -0.05) is 19.1 Å². The maximum atomic E-state index is 12.3. The van der Waals surface area contributed by atoms with Crippen LogP contribution in [0, 0.1) is 0 Å². The lowest BCUT2D eigenvalue weighted by Crippen LogP contribution is -2.29. The van der Waals surface area contributed by atoms with Crippen LogP contribution in [0.1, 0.15) is 61.0 Å². The van der Waals surface area contributed by atoms with E-state index in [-0.39, 0.29) is 17.5 Å². The molecule has 1 amide bonds. The van der Waals surface area contributed by atoms with E-state index in [4.69, 9.17) is 4.74 Å². The predicted octanol–water partition coefficient (Wildman–Crippen LogP) is 3.58. The van der Waals surface area contributed by atoms with Crippen LogP contribution < -0.4 is 15.6 Å². The highest BCUT2D eigenvalue weighted by molar-refractivity contribution is 5.94. The molecule has 1 aromatic heterocycles. The molecule has 1 heterocycles. The van der Waals surface area contributed by atoms with Gasteiger partial charge in [-0.25, -0.2) is 0 Å². The van der Waals surface area contributed by atoms with Crippen molar-refractivity contribution >= 4 is 5.91 Å². The number of rotatable bonds is 6. The summed E-state index contributed by atoms with van der Waals surface area (Å²) < 4.78 is 5.98. The fourth-order valence-corrected chi connectivity index (χ4v) is 3.23.